The number of benzene rings is 1. The molecule has 1 N–H and O–H groups in total. The number of sulfone groups is 1. The average molecular weight is 398 g/mol. The SMILES string of the molecule is Cc1[nH]n(C2CCS(=O)(=O)C2)c(=O)c1C=Nc1cccc(Br)c1. The molecule has 2 aromatic rings. The summed E-state index contributed by atoms with van der Waals surface area (Å²) in [5.41, 5.74) is 1.63. The fourth-order valence-electron chi connectivity index (χ4n) is 2.67. The molecule has 122 valence electrons. The Balaban J connectivity index is 1.91. The second-order valence-electron chi connectivity index (χ2n) is 5.62. The van der Waals surface area contributed by atoms with Gasteiger partial charge in [0.25, 0.3) is 5.56 Å². The van der Waals surface area contributed by atoms with E-state index in [4.69, 9.17) is 0 Å². The molecule has 23 heavy (non-hydrogen) atoms. The molecule has 8 heteroatoms. The van der Waals surface area contributed by atoms with Gasteiger partial charge in [0.15, 0.2) is 9.84 Å². The second-order valence-corrected chi connectivity index (χ2v) is 8.76. The molecular weight excluding hydrogens is 382 g/mol. The zero-order valence-corrected chi connectivity index (χ0v) is 14.9. The van der Waals surface area contributed by atoms with E-state index in [1.54, 1.807) is 6.92 Å². The number of nitrogens with one attached hydrogen (secondary N) is 1. The van der Waals surface area contributed by atoms with Gasteiger partial charge in [0.2, 0.25) is 0 Å². The molecular formula is C15H16BrN3O3S. The number of nitrogens with zero attached hydrogens (tertiary/aromatic N) is 2. The Kier molecular flexibility index (Phi) is 4.29. The largest absolute Gasteiger partial charge is 0.299 e. The van der Waals surface area contributed by atoms with Crippen LogP contribution in [0.5, 0.6) is 0 Å². The maximum absolute atomic E-state index is 12.5. The van der Waals surface area contributed by atoms with E-state index in [1.165, 1.54) is 10.9 Å². The van der Waals surface area contributed by atoms with E-state index in [9.17, 15) is 13.2 Å². The Morgan fingerprint density at radius 1 is 1.43 bits per heavy atom. The van der Waals surface area contributed by atoms with Crippen molar-refractivity contribution in [2.45, 2.75) is 19.4 Å². The van der Waals surface area contributed by atoms with Crippen molar-refractivity contribution in [1.29, 1.82) is 0 Å². The number of aromatic nitrogens is 2. The van der Waals surface area contributed by atoms with Crippen LogP contribution in [0, 0.1) is 6.92 Å². The summed E-state index contributed by atoms with van der Waals surface area (Å²) in [6.45, 7) is 1.78. The molecule has 0 radical (unpaired) electrons. The minimum absolute atomic E-state index is 0.00900. The van der Waals surface area contributed by atoms with Crippen LogP contribution in [0.2, 0.25) is 0 Å². The summed E-state index contributed by atoms with van der Waals surface area (Å²) in [7, 11) is -3.04. The Labute approximate surface area is 142 Å². The third kappa shape index (κ3) is 3.48. The lowest BCUT2D eigenvalue weighted by Crippen LogP contribution is -2.25. The minimum atomic E-state index is -3.04. The van der Waals surface area contributed by atoms with Gasteiger partial charge in [-0.15, -0.1) is 0 Å². The first-order valence-electron chi connectivity index (χ1n) is 7.17. The van der Waals surface area contributed by atoms with Crippen molar-refractivity contribution in [3.63, 3.8) is 0 Å². The van der Waals surface area contributed by atoms with Crippen molar-refractivity contribution < 1.29 is 8.42 Å². The molecule has 0 amide bonds. The van der Waals surface area contributed by atoms with Crippen LogP contribution in [0.4, 0.5) is 5.69 Å². The molecule has 0 spiro atoms. The van der Waals surface area contributed by atoms with Gasteiger partial charge >= 0.3 is 0 Å². The molecule has 2 heterocycles. The summed E-state index contributed by atoms with van der Waals surface area (Å²) in [6, 6.07) is 7.13. The van der Waals surface area contributed by atoms with Crippen LogP contribution in [0.15, 0.2) is 38.5 Å². The predicted molar refractivity (Wildman–Crippen MR) is 93.5 cm³/mol. The van der Waals surface area contributed by atoms with Gasteiger partial charge in [-0.2, -0.15) is 0 Å². The first kappa shape index (κ1) is 16.2. The van der Waals surface area contributed by atoms with E-state index in [0.29, 0.717) is 17.7 Å². The van der Waals surface area contributed by atoms with Crippen LogP contribution >= 0.6 is 15.9 Å². The number of aryl methyl sites for hydroxylation is 1. The lowest BCUT2D eigenvalue weighted by atomic mass is 10.2. The highest BCUT2D eigenvalue weighted by Crippen LogP contribution is 2.22. The van der Waals surface area contributed by atoms with Gasteiger partial charge in [-0.1, -0.05) is 22.0 Å². The summed E-state index contributed by atoms with van der Waals surface area (Å²) in [6.07, 6.45) is 1.99. The molecule has 0 aliphatic carbocycles. The van der Waals surface area contributed by atoms with Crippen molar-refractivity contribution in [3.05, 3.63) is 50.3 Å². The zero-order valence-electron chi connectivity index (χ0n) is 12.5. The Morgan fingerprint density at radius 3 is 2.87 bits per heavy atom. The van der Waals surface area contributed by atoms with Gasteiger partial charge in [0.05, 0.1) is 28.8 Å². The van der Waals surface area contributed by atoms with Crippen LogP contribution in [0.3, 0.4) is 0 Å². The monoisotopic (exact) mass is 397 g/mol. The van der Waals surface area contributed by atoms with Crippen molar-refractivity contribution in [3.8, 4) is 0 Å². The number of aromatic amines is 1. The van der Waals surface area contributed by atoms with Crippen molar-refractivity contribution in [2.24, 2.45) is 4.99 Å². The van der Waals surface area contributed by atoms with Crippen LogP contribution in [0.25, 0.3) is 0 Å². The molecule has 0 bridgehead atoms. The number of rotatable bonds is 3. The summed E-state index contributed by atoms with van der Waals surface area (Å²) >= 11 is 3.37. The first-order valence-corrected chi connectivity index (χ1v) is 9.78. The second kappa shape index (κ2) is 6.09. The molecule has 1 saturated heterocycles. The van der Waals surface area contributed by atoms with Gasteiger partial charge in [-0.05, 0) is 31.5 Å². The van der Waals surface area contributed by atoms with E-state index < -0.39 is 9.84 Å². The van der Waals surface area contributed by atoms with Gasteiger partial charge in [-0.3, -0.25) is 14.9 Å². The zero-order chi connectivity index (χ0) is 16.6. The van der Waals surface area contributed by atoms with Crippen LogP contribution < -0.4 is 5.56 Å². The van der Waals surface area contributed by atoms with Crippen LogP contribution in [-0.4, -0.2) is 35.9 Å². The molecule has 1 aliphatic rings. The van der Waals surface area contributed by atoms with E-state index >= 15 is 0 Å². The first-order chi connectivity index (χ1) is 10.9. The van der Waals surface area contributed by atoms with Gasteiger partial charge < -0.3 is 0 Å². The summed E-state index contributed by atoms with van der Waals surface area (Å²) in [4.78, 5) is 16.8. The van der Waals surface area contributed by atoms with E-state index in [1.807, 2.05) is 24.3 Å². The van der Waals surface area contributed by atoms with Crippen LogP contribution in [-0.2, 0) is 9.84 Å². The molecule has 1 atom stereocenters. The summed E-state index contributed by atoms with van der Waals surface area (Å²) < 4.78 is 25.5. The van der Waals surface area contributed by atoms with E-state index in [2.05, 4.69) is 26.0 Å². The molecule has 0 saturated carbocycles. The molecule has 1 aliphatic heterocycles. The van der Waals surface area contributed by atoms with E-state index in [0.717, 1.165) is 10.2 Å². The van der Waals surface area contributed by atoms with Crippen molar-refractivity contribution >= 4 is 37.7 Å². The molecule has 1 unspecified atom stereocenters. The van der Waals surface area contributed by atoms with E-state index in [-0.39, 0.29) is 23.1 Å². The normalized spacial score (nSPS) is 20.3. The quantitative estimate of drug-likeness (QED) is 0.806. The maximum atomic E-state index is 12.5. The highest BCUT2D eigenvalue weighted by atomic mass is 79.9. The van der Waals surface area contributed by atoms with Crippen molar-refractivity contribution in [2.75, 3.05) is 11.5 Å². The van der Waals surface area contributed by atoms with Crippen LogP contribution in [0.1, 0.15) is 23.7 Å². The standard InChI is InChI=1S/C15H16BrN3O3S/c1-10-14(8-17-12-4-2-3-11(16)7-12)15(20)19(18-10)13-5-6-23(21,22)9-13/h2-4,7-8,13,18H,5-6,9H2,1H3. The summed E-state index contributed by atoms with van der Waals surface area (Å²) in [5.74, 6) is 0.138. The number of halogens is 1. The fraction of sp³-hybridized carbons (Fsp3) is 0.333. The lowest BCUT2D eigenvalue weighted by molar-refractivity contribution is 0.483. The number of hydrogen-bond acceptors (Lipinski definition) is 4. The predicted octanol–water partition coefficient (Wildman–Crippen LogP) is 2.36. The number of H-pyrrole nitrogens is 1. The Morgan fingerprint density at radius 2 is 2.22 bits per heavy atom. The molecule has 1 aromatic heterocycles. The molecule has 1 fully saturated rings. The van der Waals surface area contributed by atoms with Gasteiger partial charge in [-0.25, -0.2) is 13.1 Å². The fourth-order valence-corrected chi connectivity index (χ4v) is 4.75. The Bertz CT molecular complexity index is 928. The maximum Gasteiger partial charge on any atom is 0.275 e. The minimum Gasteiger partial charge on any atom is -0.299 e. The molecule has 3 rings (SSSR count). The third-order valence-electron chi connectivity index (χ3n) is 3.87. The number of hydrogen-bond donors (Lipinski definition) is 1. The van der Waals surface area contributed by atoms with Crippen molar-refractivity contribution in [1.82, 2.24) is 9.78 Å². The lowest BCUT2D eigenvalue weighted by Gasteiger charge is -2.07. The van der Waals surface area contributed by atoms with Gasteiger partial charge in [0, 0.05) is 16.4 Å². The third-order valence-corrected chi connectivity index (χ3v) is 6.11. The average Bonchev–Trinajstić information content (AvgIpc) is 2.97. The highest BCUT2D eigenvalue weighted by molar-refractivity contribution is 9.10. The smallest absolute Gasteiger partial charge is 0.275 e. The summed E-state index contributed by atoms with van der Waals surface area (Å²) in [5, 5.41) is 2.98. The number of aliphatic imine (C=N–C) groups is 1. The highest BCUT2D eigenvalue weighted by Gasteiger charge is 2.31. The Hall–Kier alpha value is -1.67. The topological polar surface area (TPSA) is 84.3 Å². The molecule has 6 nitrogen and oxygen atoms in total. The molecule has 1 aromatic carbocycles. The van der Waals surface area contributed by atoms with Gasteiger partial charge in [0.1, 0.15) is 0 Å².